The summed E-state index contributed by atoms with van der Waals surface area (Å²) in [6.07, 6.45) is 1.16. The number of sulfone groups is 1. The Bertz CT molecular complexity index is 670. The lowest BCUT2D eigenvalue weighted by Gasteiger charge is -2.06. The number of carbonyl (C=O) groups excluding carboxylic acids is 2. The number of amides is 1. The van der Waals surface area contributed by atoms with Crippen molar-refractivity contribution in [2.45, 2.75) is 4.90 Å². The molecule has 0 fully saturated rings. The first-order chi connectivity index (χ1) is 8.78. The van der Waals surface area contributed by atoms with E-state index in [9.17, 15) is 18.0 Å². The smallest absolute Gasteiger partial charge is 0.296 e. The highest BCUT2D eigenvalue weighted by molar-refractivity contribution is 8.00. The van der Waals surface area contributed by atoms with E-state index >= 15 is 0 Å². The summed E-state index contributed by atoms with van der Waals surface area (Å²) >= 11 is 7.28. The monoisotopic (exact) mass is 319 g/mol. The van der Waals surface area contributed by atoms with Gasteiger partial charge in [-0.3, -0.25) is 9.59 Å². The second kappa shape index (κ2) is 5.15. The number of rotatable bonds is 4. The molecule has 8 heteroatoms. The summed E-state index contributed by atoms with van der Waals surface area (Å²) in [4.78, 5) is 23.3. The van der Waals surface area contributed by atoms with Crippen molar-refractivity contribution in [2.75, 3.05) is 23.1 Å². The van der Waals surface area contributed by atoms with Crippen LogP contribution >= 0.6 is 23.4 Å². The summed E-state index contributed by atoms with van der Waals surface area (Å²) in [5.41, 5.74) is 0.670. The highest BCUT2D eigenvalue weighted by Crippen LogP contribution is 2.35. The van der Waals surface area contributed by atoms with Crippen molar-refractivity contribution in [1.82, 2.24) is 0 Å². The van der Waals surface area contributed by atoms with Gasteiger partial charge in [-0.15, -0.1) is 11.8 Å². The van der Waals surface area contributed by atoms with Crippen LogP contribution in [0.25, 0.3) is 0 Å². The summed E-state index contributed by atoms with van der Waals surface area (Å²) in [6.45, 7) is 0. The van der Waals surface area contributed by atoms with Crippen LogP contribution in [0.15, 0.2) is 17.0 Å². The molecule has 102 valence electrons. The molecular weight excluding hydrogens is 310 g/mol. The summed E-state index contributed by atoms with van der Waals surface area (Å²) < 4.78 is 22.1. The lowest BCUT2D eigenvalue weighted by molar-refractivity contribution is -0.112. The summed E-state index contributed by atoms with van der Waals surface area (Å²) in [5, 5.41) is 2.78. The Morgan fingerprint density at radius 1 is 1.32 bits per heavy atom. The molecule has 0 radical (unpaired) electrons. The van der Waals surface area contributed by atoms with Crippen LogP contribution in [0.1, 0.15) is 10.4 Å². The Kier molecular flexibility index (Phi) is 3.89. The SMILES string of the molecule is CS(=O)(=O)CCSc1cc2c(cc1Cl)C(=O)C(=O)N2. The van der Waals surface area contributed by atoms with Gasteiger partial charge in [-0.05, 0) is 12.1 Å². The fourth-order valence-electron chi connectivity index (χ4n) is 1.56. The van der Waals surface area contributed by atoms with Gasteiger partial charge >= 0.3 is 0 Å². The Balaban J connectivity index is 2.18. The van der Waals surface area contributed by atoms with Crippen LogP contribution in [0.5, 0.6) is 0 Å². The molecule has 5 nitrogen and oxygen atoms in total. The highest BCUT2D eigenvalue weighted by atomic mass is 35.5. The molecule has 1 aliphatic rings. The minimum Gasteiger partial charge on any atom is -0.318 e. The normalized spacial score (nSPS) is 14.4. The van der Waals surface area contributed by atoms with Crippen LogP contribution in [0.2, 0.25) is 5.02 Å². The molecule has 0 aromatic heterocycles. The highest BCUT2D eigenvalue weighted by Gasteiger charge is 2.29. The molecule has 0 unspecified atom stereocenters. The third-order valence-electron chi connectivity index (χ3n) is 2.48. The van der Waals surface area contributed by atoms with Gasteiger partial charge < -0.3 is 5.32 Å². The van der Waals surface area contributed by atoms with Gasteiger partial charge in [0.1, 0.15) is 9.84 Å². The Hall–Kier alpha value is -1.05. The van der Waals surface area contributed by atoms with Crippen molar-refractivity contribution in [3.05, 3.63) is 22.7 Å². The quantitative estimate of drug-likeness (QED) is 0.673. The number of fused-ring (bicyclic) bond motifs is 1. The van der Waals surface area contributed by atoms with Crippen molar-refractivity contribution >= 4 is 50.6 Å². The van der Waals surface area contributed by atoms with E-state index in [1.54, 1.807) is 6.07 Å². The largest absolute Gasteiger partial charge is 0.318 e. The number of carbonyl (C=O) groups is 2. The van der Waals surface area contributed by atoms with Gasteiger partial charge in [0.25, 0.3) is 11.7 Å². The fourth-order valence-corrected chi connectivity index (χ4v) is 4.05. The lowest BCUT2D eigenvalue weighted by atomic mass is 10.1. The topological polar surface area (TPSA) is 80.3 Å². The van der Waals surface area contributed by atoms with E-state index in [1.807, 2.05) is 0 Å². The van der Waals surface area contributed by atoms with Crippen LogP contribution in [-0.2, 0) is 14.6 Å². The van der Waals surface area contributed by atoms with Crippen LogP contribution in [0, 0.1) is 0 Å². The average molecular weight is 320 g/mol. The van der Waals surface area contributed by atoms with Crippen molar-refractivity contribution in [1.29, 1.82) is 0 Å². The van der Waals surface area contributed by atoms with Crippen LogP contribution in [0.3, 0.4) is 0 Å². The Morgan fingerprint density at radius 3 is 2.63 bits per heavy atom. The van der Waals surface area contributed by atoms with E-state index in [1.165, 1.54) is 17.8 Å². The first-order valence-corrected chi connectivity index (χ1v) is 8.70. The van der Waals surface area contributed by atoms with Crippen LogP contribution in [-0.4, -0.2) is 37.9 Å². The molecule has 0 saturated heterocycles. The molecule has 0 bridgehead atoms. The maximum atomic E-state index is 11.4. The lowest BCUT2D eigenvalue weighted by Crippen LogP contribution is -2.12. The maximum absolute atomic E-state index is 11.4. The number of anilines is 1. The number of hydrogen-bond donors (Lipinski definition) is 1. The first kappa shape index (κ1) is 14.4. The molecule has 0 atom stereocenters. The van der Waals surface area contributed by atoms with Gasteiger partial charge in [-0.25, -0.2) is 8.42 Å². The molecule has 0 saturated carbocycles. The summed E-state index contributed by atoms with van der Waals surface area (Å²) in [7, 11) is -3.02. The van der Waals surface area contributed by atoms with Gasteiger partial charge in [-0.1, -0.05) is 11.6 Å². The number of hydrogen-bond acceptors (Lipinski definition) is 5. The summed E-state index contributed by atoms with van der Waals surface area (Å²) in [6, 6.07) is 3.02. The van der Waals surface area contributed by atoms with Crippen LogP contribution < -0.4 is 5.32 Å². The maximum Gasteiger partial charge on any atom is 0.296 e. The van der Waals surface area contributed by atoms with Gasteiger partial charge in [0, 0.05) is 16.9 Å². The van der Waals surface area contributed by atoms with E-state index in [0.29, 0.717) is 21.4 Å². The predicted molar refractivity (Wildman–Crippen MR) is 74.8 cm³/mol. The molecule has 1 aliphatic heterocycles. The van der Waals surface area contributed by atoms with Crippen molar-refractivity contribution in [3.63, 3.8) is 0 Å². The number of thioether (sulfide) groups is 1. The molecule has 19 heavy (non-hydrogen) atoms. The molecule has 1 amide bonds. The second-order valence-electron chi connectivity index (χ2n) is 4.09. The molecule has 0 spiro atoms. The number of Topliss-reactive ketones (excluding diaryl/α,β-unsaturated/α-hetero) is 1. The first-order valence-electron chi connectivity index (χ1n) is 5.27. The average Bonchev–Trinajstić information content (AvgIpc) is 2.54. The molecule has 1 N–H and O–H groups in total. The zero-order chi connectivity index (χ0) is 14.2. The number of halogens is 1. The van der Waals surface area contributed by atoms with E-state index < -0.39 is 21.5 Å². The van der Waals surface area contributed by atoms with Crippen molar-refractivity contribution < 1.29 is 18.0 Å². The van der Waals surface area contributed by atoms with Gasteiger partial charge in [0.2, 0.25) is 0 Å². The molecule has 1 heterocycles. The van der Waals surface area contributed by atoms with Gasteiger partial charge in [0.15, 0.2) is 0 Å². The standard InChI is InChI=1S/C11H10ClNO4S2/c1-19(16,17)3-2-18-9-5-8-6(4-7(9)12)10(14)11(15)13-8/h4-5H,2-3H2,1H3,(H,13,14,15). The van der Waals surface area contributed by atoms with E-state index in [0.717, 1.165) is 6.26 Å². The van der Waals surface area contributed by atoms with E-state index in [2.05, 4.69) is 5.32 Å². The molecule has 0 aliphatic carbocycles. The van der Waals surface area contributed by atoms with Crippen molar-refractivity contribution in [3.8, 4) is 0 Å². The van der Waals surface area contributed by atoms with Crippen LogP contribution in [0.4, 0.5) is 5.69 Å². The number of ketones is 1. The zero-order valence-electron chi connectivity index (χ0n) is 9.90. The molecular formula is C11H10ClNO4S2. The molecule has 2 rings (SSSR count). The zero-order valence-corrected chi connectivity index (χ0v) is 12.3. The molecule has 1 aromatic carbocycles. The predicted octanol–water partition coefficient (Wildman–Crippen LogP) is 1.61. The van der Waals surface area contributed by atoms with E-state index in [-0.39, 0.29) is 11.3 Å². The third kappa shape index (κ3) is 3.29. The minimum absolute atomic E-state index is 0.0381. The van der Waals surface area contributed by atoms with Gasteiger partial charge in [0.05, 0.1) is 22.0 Å². The third-order valence-corrected chi connectivity index (χ3v) is 5.17. The van der Waals surface area contributed by atoms with Crippen molar-refractivity contribution in [2.24, 2.45) is 0 Å². The number of benzene rings is 1. The Morgan fingerprint density at radius 2 is 2.00 bits per heavy atom. The second-order valence-corrected chi connectivity index (χ2v) is 7.89. The number of nitrogens with one attached hydrogen (secondary N) is 1. The van der Waals surface area contributed by atoms with E-state index in [4.69, 9.17) is 11.6 Å². The summed E-state index contributed by atoms with van der Waals surface area (Å²) in [5.74, 6) is -0.885. The Labute approximate surface area is 119 Å². The van der Waals surface area contributed by atoms with Gasteiger partial charge in [-0.2, -0.15) is 0 Å². The minimum atomic E-state index is -3.02. The molecule has 1 aromatic rings. The fraction of sp³-hybridized carbons (Fsp3) is 0.273.